The Hall–Kier alpha value is -1.65. The monoisotopic (exact) mass is 554 g/mol. The second kappa shape index (κ2) is 13.2. The number of aliphatic imine (C=N–C) groups is 1. The topological polar surface area (TPSA) is 66.7 Å². The van der Waals surface area contributed by atoms with Crippen LogP contribution in [-0.2, 0) is 11.3 Å². The third-order valence-corrected chi connectivity index (χ3v) is 5.94. The van der Waals surface area contributed by atoms with Gasteiger partial charge in [-0.1, -0.05) is 32.0 Å². The minimum Gasteiger partial charge on any atom is -0.379 e. The first-order chi connectivity index (χ1) is 15.0. The number of nitrogens with zero attached hydrogens (tertiary/aromatic N) is 4. The van der Waals surface area contributed by atoms with Crippen LogP contribution in [-0.4, -0.2) is 66.1 Å². The molecule has 1 aliphatic rings. The fourth-order valence-corrected chi connectivity index (χ4v) is 4.12. The van der Waals surface area contributed by atoms with Gasteiger partial charge < -0.3 is 15.4 Å². The zero-order chi connectivity index (χ0) is 22.2. The minimum absolute atomic E-state index is 0. The van der Waals surface area contributed by atoms with Crippen LogP contribution in [0, 0.1) is 19.8 Å². The molecule has 0 amide bonds. The molecule has 1 saturated heterocycles. The second-order valence-corrected chi connectivity index (χ2v) is 8.43. The van der Waals surface area contributed by atoms with Crippen LogP contribution in [0.4, 0.5) is 0 Å². The molecule has 0 spiro atoms. The molecule has 1 atom stereocenters. The normalized spacial score (nSPS) is 16.0. The number of nitrogens with one attached hydrogen (secondary N) is 2. The van der Waals surface area contributed by atoms with E-state index in [2.05, 4.69) is 62.3 Å². The van der Waals surface area contributed by atoms with Crippen molar-refractivity contribution in [2.75, 3.05) is 39.4 Å². The summed E-state index contributed by atoms with van der Waals surface area (Å²) < 4.78 is 7.54. The summed E-state index contributed by atoms with van der Waals surface area (Å²) >= 11 is 0. The Balaban J connectivity index is 0.00000363. The van der Waals surface area contributed by atoms with Gasteiger partial charge in [-0.15, -0.1) is 24.0 Å². The van der Waals surface area contributed by atoms with Crippen molar-refractivity contribution in [1.82, 2.24) is 25.3 Å². The Kier molecular flexibility index (Phi) is 10.9. The van der Waals surface area contributed by atoms with Crippen LogP contribution >= 0.6 is 24.0 Å². The van der Waals surface area contributed by atoms with Crippen molar-refractivity contribution < 1.29 is 4.74 Å². The number of aromatic nitrogens is 2. The summed E-state index contributed by atoms with van der Waals surface area (Å²) in [5.41, 5.74) is 4.41. The molecular weight excluding hydrogens is 515 g/mol. The van der Waals surface area contributed by atoms with Crippen LogP contribution in [0.15, 0.2) is 35.3 Å². The number of rotatable bonds is 8. The van der Waals surface area contributed by atoms with Gasteiger partial charge in [0.05, 0.1) is 31.1 Å². The fraction of sp³-hybridized carbons (Fsp3) is 0.583. The molecule has 2 N–H and O–H groups in total. The first-order valence-electron chi connectivity index (χ1n) is 11.5. The van der Waals surface area contributed by atoms with Gasteiger partial charge in [-0.25, -0.2) is 9.67 Å². The summed E-state index contributed by atoms with van der Waals surface area (Å²) in [4.78, 5) is 7.42. The molecule has 2 heterocycles. The Morgan fingerprint density at radius 1 is 1.12 bits per heavy atom. The van der Waals surface area contributed by atoms with Crippen molar-refractivity contribution in [1.29, 1.82) is 0 Å². The minimum atomic E-state index is 0. The van der Waals surface area contributed by atoms with Crippen LogP contribution in [0.5, 0.6) is 0 Å². The first kappa shape index (κ1) is 26.6. The van der Waals surface area contributed by atoms with Crippen molar-refractivity contribution in [2.24, 2.45) is 10.9 Å². The summed E-state index contributed by atoms with van der Waals surface area (Å²) in [6, 6.07) is 10.7. The van der Waals surface area contributed by atoms with Gasteiger partial charge in [0.15, 0.2) is 5.96 Å². The van der Waals surface area contributed by atoms with Crippen LogP contribution in [0.3, 0.4) is 0 Å². The van der Waals surface area contributed by atoms with E-state index in [9.17, 15) is 0 Å². The molecule has 32 heavy (non-hydrogen) atoms. The van der Waals surface area contributed by atoms with Crippen LogP contribution in [0.2, 0.25) is 0 Å². The molecule has 178 valence electrons. The van der Waals surface area contributed by atoms with Crippen LogP contribution < -0.4 is 10.6 Å². The smallest absolute Gasteiger partial charge is 0.191 e. The van der Waals surface area contributed by atoms with Crippen molar-refractivity contribution in [3.8, 4) is 5.69 Å². The first-order valence-corrected chi connectivity index (χ1v) is 11.5. The average molecular weight is 555 g/mol. The highest BCUT2D eigenvalue weighted by Crippen LogP contribution is 2.18. The molecule has 2 aromatic rings. The van der Waals surface area contributed by atoms with Crippen molar-refractivity contribution in [3.63, 3.8) is 0 Å². The van der Waals surface area contributed by atoms with E-state index in [1.165, 1.54) is 5.56 Å². The molecule has 1 fully saturated rings. The molecule has 1 aromatic carbocycles. The lowest BCUT2D eigenvalue weighted by atomic mass is 10.0. The maximum Gasteiger partial charge on any atom is 0.191 e. The van der Waals surface area contributed by atoms with Gasteiger partial charge in [-0.2, -0.15) is 5.10 Å². The lowest BCUT2D eigenvalue weighted by molar-refractivity contribution is 0.00752. The predicted octanol–water partition coefficient (Wildman–Crippen LogP) is 3.52. The number of hydrogen-bond donors (Lipinski definition) is 2. The highest BCUT2D eigenvalue weighted by Gasteiger charge is 2.24. The average Bonchev–Trinajstić information content (AvgIpc) is 3.06. The largest absolute Gasteiger partial charge is 0.379 e. The summed E-state index contributed by atoms with van der Waals surface area (Å²) in [6.45, 7) is 16.8. The van der Waals surface area contributed by atoms with E-state index in [-0.39, 0.29) is 24.0 Å². The molecule has 3 rings (SSSR count). The molecular formula is C24H39IN6O. The van der Waals surface area contributed by atoms with E-state index in [1.54, 1.807) is 0 Å². The van der Waals surface area contributed by atoms with Crippen LogP contribution in [0.25, 0.3) is 5.69 Å². The van der Waals surface area contributed by atoms with Crippen molar-refractivity contribution in [2.45, 2.75) is 47.2 Å². The second-order valence-electron chi connectivity index (χ2n) is 8.43. The van der Waals surface area contributed by atoms with Crippen molar-refractivity contribution >= 4 is 29.9 Å². The Labute approximate surface area is 210 Å². The maximum absolute atomic E-state index is 5.53. The van der Waals surface area contributed by atoms with Gasteiger partial charge in [0.1, 0.15) is 0 Å². The lowest BCUT2D eigenvalue weighted by Gasteiger charge is -2.37. The molecule has 1 unspecified atom stereocenters. The van der Waals surface area contributed by atoms with E-state index in [0.29, 0.717) is 18.5 Å². The molecule has 0 saturated carbocycles. The molecule has 8 heteroatoms. The zero-order valence-electron chi connectivity index (χ0n) is 20.1. The predicted molar refractivity (Wildman–Crippen MR) is 142 cm³/mol. The van der Waals surface area contributed by atoms with Gasteiger partial charge in [0, 0.05) is 43.5 Å². The number of hydrogen-bond acceptors (Lipinski definition) is 4. The van der Waals surface area contributed by atoms with E-state index in [1.807, 2.05) is 22.9 Å². The highest BCUT2D eigenvalue weighted by atomic mass is 127. The van der Waals surface area contributed by atoms with Gasteiger partial charge in [0.2, 0.25) is 0 Å². The van der Waals surface area contributed by atoms with Gasteiger partial charge in [0.25, 0.3) is 0 Å². The standard InChI is InChI=1S/C24H38N6O.HI/c1-6-25-24(27-17-23(18(2)3)29-12-14-31-15-13-29)26-16-22-19(4)28-30(20(22)5)21-10-8-7-9-11-21;/h7-11,18,23H,6,12-17H2,1-5H3,(H2,25,26,27);1H. The fourth-order valence-electron chi connectivity index (χ4n) is 4.12. The third kappa shape index (κ3) is 6.92. The summed E-state index contributed by atoms with van der Waals surface area (Å²) in [7, 11) is 0. The quantitative estimate of drug-likeness (QED) is 0.297. The van der Waals surface area contributed by atoms with Crippen LogP contribution in [0.1, 0.15) is 37.7 Å². The number of para-hydroxylation sites is 1. The Bertz CT molecular complexity index is 846. The van der Waals surface area contributed by atoms with E-state index >= 15 is 0 Å². The molecule has 0 aliphatic carbocycles. The highest BCUT2D eigenvalue weighted by molar-refractivity contribution is 14.0. The molecule has 1 aliphatic heterocycles. The van der Waals surface area contributed by atoms with Gasteiger partial charge in [-0.3, -0.25) is 4.90 Å². The van der Waals surface area contributed by atoms with Crippen molar-refractivity contribution in [3.05, 3.63) is 47.3 Å². The number of ether oxygens (including phenoxy) is 1. The number of morpholine rings is 1. The number of guanidine groups is 1. The third-order valence-electron chi connectivity index (χ3n) is 5.94. The summed E-state index contributed by atoms with van der Waals surface area (Å²) in [5, 5.41) is 11.7. The van der Waals surface area contributed by atoms with Gasteiger partial charge in [-0.05, 0) is 38.8 Å². The zero-order valence-corrected chi connectivity index (χ0v) is 22.4. The van der Waals surface area contributed by atoms with E-state index in [4.69, 9.17) is 14.8 Å². The summed E-state index contributed by atoms with van der Waals surface area (Å²) in [6.07, 6.45) is 0. The number of aryl methyl sites for hydroxylation is 1. The van der Waals surface area contributed by atoms with E-state index in [0.717, 1.165) is 62.4 Å². The number of halogens is 1. The Morgan fingerprint density at radius 2 is 1.81 bits per heavy atom. The summed E-state index contributed by atoms with van der Waals surface area (Å²) in [5.74, 6) is 1.41. The maximum atomic E-state index is 5.53. The lowest BCUT2D eigenvalue weighted by Crippen LogP contribution is -2.52. The number of benzene rings is 1. The SMILES string of the molecule is CCNC(=NCc1c(C)nn(-c2ccccc2)c1C)NCC(C(C)C)N1CCOCC1.I. The Morgan fingerprint density at radius 3 is 2.44 bits per heavy atom. The molecule has 1 aromatic heterocycles. The molecule has 7 nitrogen and oxygen atoms in total. The van der Waals surface area contributed by atoms with Gasteiger partial charge >= 0.3 is 0 Å². The van der Waals surface area contributed by atoms with E-state index < -0.39 is 0 Å². The molecule has 0 radical (unpaired) electrons. The molecule has 0 bridgehead atoms.